The van der Waals surface area contributed by atoms with Crippen LogP contribution in [0.5, 0.6) is 0 Å². The zero-order valence-electron chi connectivity index (χ0n) is 32.2. The molecule has 0 amide bonds. The summed E-state index contributed by atoms with van der Waals surface area (Å²) >= 11 is 2.87. The van der Waals surface area contributed by atoms with Crippen LogP contribution in [-0.2, 0) is 9.59 Å². The molecule has 0 saturated heterocycles. The number of carboxylic acid groups (broad SMARTS) is 2. The Morgan fingerprint density at radius 3 is 1.12 bits per heavy atom. The topological polar surface area (TPSA) is 125 Å². The van der Waals surface area contributed by atoms with Crippen LogP contribution in [0.3, 0.4) is 0 Å². The van der Waals surface area contributed by atoms with E-state index in [9.17, 15) is 9.59 Å². The van der Waals surface area contributed by atoms with Crippen LogP contribution >= 0.6 is 22.7 Å². The van der Waals surface area contributed by atoms with Crippen molar-refractivity contribution < 1.29 is 19.8 Å². The molecule has 2 heterocycles. The third-order valence-corrected chi connectivity index (χ3v) is 11.6. The van der Waals surface area contributed by atoms with E-state index in [1.54, 1.807) is 12.1 Å². The van der Waals surface area contributed by atoms with Crippen LogP contribution in [-0.4, -0.2) is 22.2 Å². The fraction of sp³-hybridized carbons (Fsp3) is 0.0196. The smallest absolute Gasteiger partial charge is 0.346 e. The quantitative estimate of drug-likeness (QED) is 0.0674. The number of benzene rings is 5. The van der Waals surface area contributed by atoms with Gasteiger partial charge in [-0.25, -0.2) is 9.59 Å². The minimum absolute atomic E-state index is 0.291. The molecule has 0 aliphatic rings. The maximum absolute atomic E-state index is 11.2. The van der Waals surface area contributed by atoms with E-state index in [2.05, 4.69) is 109 Å². The second kappa shape index (κ2) is 18.6. The Bertz CT molecular complexity index is 2690. The second-order valence-electron chi connectivity index (χ2n) is 13.6. The fourth-order valence-corrected chi connectivity index (χ4v) is 8.16. The normalized spacial score (nSPS) is 11.7. The molecule has 2 N–H and O–H groups in total. The standard InChI is InChI=1S/C51H35N3O4S2/c1-34-2-20-43(21-3-34)54(44-22-12-37(13-23-44)6-4-35-8-16-39(17-9-35)48-28-26-46(59-48)30-41(32-52)50(55)56)45-24-14-38(15-25-45)7-5-36-10-18-40(19-11-36)49-29-27-47(60-49)31-42(33-53)51(57)58/h2-31H,1H3,(H,55,56)(H,57,58)/b6-4+,7-5+,41-30+,42-31+. The van der Waals surface area contributed by atoms with Crippen molar-refractivity contribution >= 4 is 88.1 Å². The second-order valence-corrected chi connectivity index (χ2v) is 15.8. The molecule has 5 aromatic carbocycles. The molecular weight excluding hydrogens is 783 g/mol. The number of aliphatic carboxylic acids is 2. The highest BCUT2D eigenvalue weighted by Crippen LogP contribution is 2.36. The monoisotopic (exact) mass is 817 g/mol. The number of aryl methyl sites for hydroxylation is 1. The lowest BCUT2D eigenvalue weighted by atomic mass is 10.1. The third-order valence-electron chi connectivity index (χ3n) is 9.45. The number of anilines is 3. The molecule has 0 aliphatic heterocycles. The summed E-state index contributed by atoms with van der Waals surface area (Å²) < 4.78 is 0. The van der Waals surface area contributed by atoms with Crippen LogP contribution in [0.1, 0.15) is 37.6 Å². The van der Waals surface area contributed by atoms with Gasteiger partial charge in [0.05, 0.1) is 0 Å². The molecule has 0 spiro atoms. The molecule has 0 aliphatic carbocycles. The summed E-state index contributed by atoms with van der Waals surface area (Å²) in [5.41, 5.74) is 9.94. The van der Waals surface area contributed by atoms with Crippen LogP contribution < -0.4 is 4.90 Å². The highest BCUT2D eigenvalue weighted by atomic mass is 32.1. The Morgan fingerprint density at radius 1 is 0.483 bits per heavy atom. The molecule has 0 atom stereocenters. The number of hydrogen-bond donors (Lipinski definition) is 2. The van der Waals surface area contributed by atoms with E-state index in [0.717, 1.165) is 60.2 Å². The predicted molar refractivity (Wildman–Crippen MR) is 246 cm³/mol. The molecule has 7 rings (SSSR count). The highest BCUT2D eigenvalue weighted by molar-refractivity contribution is 7.16. The van der Waals surface area contributed by atoms with Gasteiger partial charge < -0.3 is 15.1 Å². The van der Waals surface area contributed by atoms with Gasteiger partial charge >= 0.3 is 11.9 Å². The number of hydrogen-bond acceptors (Lipinski definition) is 7. The number of nitriles is 2. The molecule has 60 heavy (non-hydrogen) atoms. The summed E-state index contributed by atoms with van der Waals surface area (Å²) in [6, 6.07) is 52.7. The van der Waals surface area contributed by atoms with Crippen molar-refractivity contribution in [3.05, 3.63) is 194 Å². The van der Waals surface area contributed by atoms with Gasteiger partial charge in [-0.2, -0.15) is 10.5 Å². The summed E-state index contributed by atoms with van der Waals surface area (Å²) in [5.74, 6) is -2.47. The first kappa shape index (κ1) is 40.4. The number of nitrogens with zero attached hydrogens (tertiary/aromatic N) is 3. The molecule has 0 fully saturated rings. The van der Waals surface area contributed by atoms with Crippen molar-refractivity contribution in [1.82, 2.24) is 0 Å². The van der Waals surface area contributed by atoms with Gasteiger partial charge in [-0.3, -0.25) is 0 Å². The van der Waals surface area contributed by atoms with Crippen LogP contribution in [0, 0.1) is 29.6 Å². The van der Waals surface area contributed by atoms with E-state index >= 15 is 0 Å². The van der Waals surface area contributed by atoms with Crippen LogP contribution in [0.25, 0.3) is 57.3 Å². The van der Waals surface area contributed by atoms with Gasteiger partial charge in [-0.15, -0.1) is 22.7 Å². The van der Waals surface area contributed by atoms with E-state index in [-0.39, 0.29) is 11.1 Å². The molecule has 0 radical (unpaired) electrons. The minimum Gasteiger partial charge on any atom is -0.477 e. The molecule has 7 nitrogen and oxygen atoms in total. The molecule has 290 valence electrons. The largest absolute Gasteiger partial charge is 0.477 e. The molecule has 0 unspecified atom stereocenters. The Labute approximate surface area is 355 Å². The van der Waals surface area contributed by atoms with Crippen LogP contribution in [0.4, 0.5) is 17.1 Å². The fourth-order valence-electron chi connectivity index (χ4n) is 6.25. The van der Waals surface area contributed by atoms with Crippen molar-refractivity contribution in [2.24, 2.45) is 0 Å². The first-order chi connectivity index (χ1) is 29.1. The van der Waals surface area contributed by atoms with Gasteiger partial charge in [-0.1, -0.05) is 115 Å². The van der Waals surface area contributed by atoms with E-state index in [1.807, 2.05) is 72.8 Å². The van der Waals surface area contributed by atoms with E-state index < -0.39 is 11.9 Å². The Hall–Kier alpha value is -7.82. The SMILES string of the molecule is Cc1ccc(N(c2ccc(/C=C/c3ccc(-c4ccc(/C=C(\C#N)C(=O)O)s4)cc3)cc2)c2ccc(/C=C/c3ccc(-c4ccc(/C=C(\C#N)C(=O)O)s4)cc3)cc2)cc1. The molecule has 7 aromatic rings. The lowest BCUT2D eigenvalue weighted by molar-refractivity contribution is -0.133. The van der Waals surface area contributed by atoms with Crippen molar-refractivity contribution in [3.8, 4) is 33.0 Å². The van der Waals surface area contributed by atoms with Gasteiger partial charge in [0.15, 0.2) is 0 Å². The first-order valence-corrected chi connectivity index (χ1v) is 20.3. The van der Waals surface area contributed by atoms with Gasteiger partial charge in [0, 0.05) is 36.6 Å². The Balaban J connectivity index is 1.03. The zero-order chi connectivity index (χ0) is 42.0. The van der Waals surface area contributed by atoms with Crippen molar-refractivity contribution in [2.45, 2.75) is 6.92 Å². The first-order valence-electron chi connectivity index (χ1n) is 18.7. The average Bonchev–Trinajstić information content (AvgIpc) is 3.95. The van der Waals surface area contributed by atoms with Crippen LogP contribution in [0.15, 0.2) is 157 Å². The predicted octanol–water partition coefficient (Wildman–Crippen LogP) is 13.2. The molecular formula is C51H35N3O4S2. The highest BCUT2D eigenvalue weighted by Gasteiger charge is 2.13. The molecule has 0 saturated carbocycles. The van der Waals surface area contributed by atoms with Gasteiger partial charge in [0.1, 0.15) is 23.3 Å². The number of rotatable bonds is 13. The third kappa shape index (κ3) is 10.00. The minimum atomic E-state index is -1.24. The maximum Gasteiger partial charge on any atom is 0.346 e. The average molecular weight is 818 g/mol. The van der Waals surface area contributed by atoms with Gasteiger partial charge in [0.25, 0.3) is 0 Å². The number of carbonyl (C=O) groups is 2. The summed E-state index contributed by atoms with van der Waals surface area (Å²) in [5, 5.41) is 36.4. The van der Waals surface area contributed by atoms with Crippen molar-refractivity contribution in [3.63, 3.8) is 0 Å². The van der Waals surface area contributed by atoms with E-state index in [1.165, 1.54) is 40.4 Å². The van der Waals surface area contributed by atoms with Crippen molar-refractivity contribution in [2.75, 3.05) is 4.90 Å². The van der Waals surface area contributed by atoms with Crippen LogP contribution in [0.2, 0.25) is 0 Å². The number of carboxylic acids is 2. The molecule has 2 aromatic heterocycles. The maximum atomic E-state index is 11.2. The molecule has 9 heteroatoms. The van der Waals surface area contributed by atoms with E-state index in [0.29, 0.717) is 9.75 Å². The lowest BCUT2D eigenvalue weighted by Gasteiger charge is -2.26. The number of thiophene rings is 2. The lowest BCUT2D eigenvalue weighted by Crippen LogP contribution is -2.09. The van der Waals surface area contributed by atoms with Crippen molar-refractivity contribution in [1.29, 1.82) is 10.5 Å². The van der Waals surface area contributed by atoms with E-state index in [4.69, 9.17) is 20.7 Å². The van der Waals surface area contributed by atoms with Gasteiger partial charge in [0.2, 0.25) is 0 Å². The summed E-state index contributed by atoms with van der Waals surface area (Å²) in [7, 11) is 0. The Morgan fingerprint density at radius 2 is 0.800 bits per heavy atom. The summed E-state index contributed by atoms with van der Waals surface area (Å²) in [4.78, 5) is 28.0. The molecule has 0 bridgehead atoms. The zero-order valence-corrected chi connectivity index (χ0v) is 33.8. The van der Waals surface area contributed by atoms with Gasteiger partial charge in [-0.05, 0) is 113 Å². The summed E-state index contributed by atoms with van der Waals surface area (Å²) in [6.07, 6.45) is 11.1. The Kier molecular flexibility index (Phi) is 12.5. The summed E-state index contributed by atoms with van der Waals surface area (Å²) in [6.45, 7) is 2.08.